The van der Waals surface area contributed by atoms with Crippen LogP contribution in [-0.2, 0) is 22.1 Å². The Labute approximate surface area is 156 Å². The standard InChI is InChI=1S/C16H19ClN4O4S/c17-13-7-3-2-6-12(13)11-26(23,24)16-20-19-14(25-16)10-18-15(22)21-8-4-1-5-9-21/h2-3,6-7H,1,4-5,8-11H2,(H,18,22). The summed E-state index contributed by atoms with van der Waals surface area (Å²) in [5, 5.41) is 9.83. The van der Waals surface area contributed by atoms with Crippen LogP contribution < -0.4 is 5.32 Å². The molecule has 0 saturated carbocycles. The molecule has 1 fully saturated rings. The Kier molecular flexibility index (Phi) is 5.77. The summed E-state index contributed by atoms with van der Waals surface area (Å²) in [4.78, 5) is 13.8. The largest absolute Gasteiger partial charge is 0.411 e. The van der Waals surface area contributed by atoms with Crippen molar-refractivity contribution in [3.63, 3.8) is 0 Å². The van der Waals surface area contributed by atoms with Crippen molar-refractivity contribution < 1.29 is 17.6 Å². The molecule has 1 N–H and O–H groups in total. The lowest BCUT2D eigenvalue weighted by Gasteiger charge is -2.26. The van der Waals surface area contributed by atoms with Gasteiger partial charge in [-0.15, -0.1) is 5.10 Å². The third kappa shape index (κ3) is 4.53. The molecule has 0 spiro atoms. The fourth-order valence-electron chi connectivity index (χ4n) is 2.68. The Balaban J connectivity index is 1.61. The fourth-order valence-corrected chi connectivity index (χ4v) is 4.13. The number of aromatic nitrogens is 2. The van der Waals surface area contributed by atoms with Crippen molar-refractivity contribution >= 4 is 27.5 Å². The molecular weight excluding hydrogens is 380 g/mol. The van der Waals surface area contributed by atoms with Crippen molar-refractivity contribution in [1.82, 2.24) is 20.4 Å². The molecule has 26 heavy (non-hydrogen) atoms. The normalized spacial score (nSPS) is 15.0. The van der Waals surface area contributed by atoms with Crippen molar-refractivity contribution in [2.45, 2.75) is 36.8 Å². The fraction of sp³-hybridized carbons (Fsp3) is 0.438. The first kappa shape index (κ1) is 18.7. The van der Waals surface area contributed by atoms with Gasteiger partial charge in [-0.2, -0.15) is 0 Å². The zero-order chi connectivity index (χ0) is 18.6. The molecule has 8 nitrogen and oxygen atoms in total. The number of nitrogens with zero attached hydrogens (tertiary/aromatic N) is 3. The van der Waals surface area contributed by atoms with E-state index in [1.54, 1.807) is 29.2 Å². The Morgan fingerprint density at radius 3 is 2.65 bits per heavy atom. The number of amides is 2. The first-order valence-electron chi connectivity index (χ1n) is 8.27. The monoisotopic (exact) mass is 398 g/mol. The van der Waals surface area contributed by atoms with E-state index in [-0.39, 0.29) is 24.2 Å². The second-order valence-corrected chi connectivity index (χ2v) is 8.29. The number of hydrogen-bond acceptors (Lipinski definition) is 6. The van der Waals surface area contributed by atoms with Gasteiger partial charge in [0, 0.05) is 18.1 Å². The van der Waals surface area contributed by atoms with Gasteiger partial charge in [-0.3, -0.25) is 0 Å². The van der Waals surface area contributed by atoms with E-state index < -0.39 is 15.1 Å². The molecule has 1 aliphatic heterocycles. The van der Waals surface area contributed by atoms with Crippen LogP contribution in [0.3, 0.4) is 0 Å². The van der Waals surface area contributed by atoms with E-state index in [0.29, 0.717) is 23.7 Å². The summed E-state index contributed by atoms with van der Waals surface area (Å²) >= 11 is 6.00. The number of carbonyl (C=O) groups excluding carboxylic acids is 1. The number of halogens is 1. The van der Waals surface area contributed by atoms with E-state index in [1.807, 2.05) is 0 Å². The minimum atomic E-state index is -3.82. The smallest absolute Gasteiger partial charge is 0.335 e. The van der Waals surface area contributed by atoms with Gasteiger partial charge in [0.05, 0.1) is 12.3 Å². The van der Waals surface area contributed by atoms with E-state index in [2.05, 4.69) is 15.5 Å². The Morgan fingerprint density at radius 1 is 1.19 bits per heavy atom. The lowest BCUT2D eigenvalue weighted by atomic mass is 10.1. The van der Waals surface area contributed by atoms with Crippen molar-refractivity contribution in [1.29, 1.82) is 0 Å². The molecule has 2 aromatic rings. The molecule has 1 aromatic carbocycles. The average molecular weight is 399 g/mol. The van der Waals surface area contributed by atoms with Crippen molar-refractivity contribution in [2.75, 3.05) is 13.1 Å². The maximum absolute atomic E-state index is 12.4. The number of piperidine rings is 1. The highest BCUT2D eigenvalue weighted by molar-refractivity contribution is 7.90. The predicted octanol–water partition coefficient (Wildman–Crippen LogP) is 2.39. The summed E-state index contributed by atoms with van der Waals surface area (Å²) < 4.78 is 30.0. The maximum atomic E-state index is 12.4. The maximum Gasteiger partial charge on any atom is 0.335 e. The summed E-state index contributed by atoms with van der Waals surface area (Å²) in [7, 11) is -3.82. The molecular formula is C16H19ClN4O4S. The van der Waals surface area contributed by atoms with Gasteiger partial charge in [0.1, 0.15) is 0 Å². The van der Waals surface area contributed by atoms with Gasteiger partial charge >= 0.3 is 11.3 Å². The summed E-state index contributed by atoms with van der Waals surface area (Å²) in [6.07, 6.45) is 3.09. The number of benzene rings is 1. The molecule has 0 atom stereocenters. The Bertz CT molecular complexity index is 878. The molecule has 1 aliphatic rings. The van der Waals surface area contributed by atoms with Gasteiger partial charge in [-0.1, -0.05) is 34.9 Å². The van der Waals surface area contributed by atoms with E-state index in [1.165, 1.54) is 0 Å². The molecule has 1 aromatic heterocycles. The van der Waals surface area contributed by atoms with Crippen LogP contribution in [0, 0.1) is 0 Å². The van der Waals surface area contributed by atoms with Crippen LogP contribution in [0.25, 0.3) is 0 Å². The summed E-state index contributed by atoms with van der Waals surface area (Å²) in [6, 6.07) is 6.43. The van der Waals surface area contributed by atoms with Crippen molar-refractivity contribution in [3.05, 3.63) is 40.7 Å². The molecule has 3 rings (SSSR count). The molecule has 2 amide bonds. The van der Waals surface area contributed by atoms with Crippen LogP contribution in [0.5, 0.6) is 0 Å². The highest BCUT2D eigenvalue weighted by Gasteiger charge is 2.24. The molecule has 0 radical (unpaired) electrons. The number of sulfone groups is 1. The van der Waals surface area contributed by atoms with Gasteiger partial charge in [0.15, 0.2) is 0 Å². The number of urea groups is 1. The van der Waals surface area contributed by atoms with Crippen molar-refractivity contribution in [2.24, 2.45) is 0 Å². The van der Waals surface area contributed by atoms with Crippen LogP contribution >= 0.6 is 11.6 Å². The number of carbonyl (C=O) groups is 1. The minimum Gasteiger partial charge on any atom is -0.411 e. The second kappa shape index (κ2) is 8.05. The van der Waals surface area contributed by atoms with Crippen LogP contribution in [0.15, 0.2) is 33.9 Å². The van der Waals surface area contributed by atoms with E-state index in [4.69, 9.17) is 16.0 Å². The topological polar surface area (TPSA) is 105 Å². The second-order valence-electron chi connectivity index (χ2n) is 6.02. The summed E-state index contributed by atoms with van der Waals surface area (Å²) in [5.74, 6) is -0.304. The quantitative estimate of drug-likeness (QED) is 0.828. The average Bonchev–Trinajstić information content (AvgIpc) is 3.12. The van der Waals surface area contributed by atoms with Gasteiger partial charge in [0.25, 0.3) is 0 Å². The zero-order valence-corrected chi connectivity index (χ0v) is 15.6. The van der Waals surface area contributed by atoms with Gasteiger partial charge in [-0.05, 0) is 30.9 Å². The lowest BCUT2D eigenvalue weighted by Crippen LogP contribution is -2.42. The highest BCUT2D eigenvalue weighted by atomic mass is 35.5. The molecule has 140 valence electrons. The molecule has 1 saturated heterocycles. The number of likely N-dealkylation sites (tertiary alicyclic amines) is 1. The summed E-state index contributed by atoms with van der Waals surface area (Å²) in [6.45, 7) is 1.41. The van der Waals surface area contributed by atoms with E-state index in [9.17, 15) is 13.2 Å². The van der Waals surface area contributed by atoms with E-state index >= 15 is 0 Å². The Morgan fingerprint density at radius 2 is 1.92 bits per heavy atom. The van der Waals surface area contributed by atoms with Gasteiger partial charge in [-0.25, -0.2) is 13.2 Å². The first-order chi connectivity index (χ1) is 12.5. The minimum absolute atomic E-state index is 0.0239. The molecule has 0 unspecified atom stereocenters. The third-order valence-electron chi connectivity index (χ3n) is 4.05. The lowest BCUT2D eigenvalue weighted by molar-refractivity contribution is 0.184. The number of hydrogen-bond donors (Lipinski definition) is 1. The van der Waals surface area contributed by atoms with Crippen LogP contribution in [-0.4, -0.2) is 42.6 Å². The zero-order valence-electron chi connectivity index (χ0n) is 14.0. The number of rotatable bonds is 5. The van der Waals surface area contributed by atoms with Gasteiger partial charge in [0.2, 0.25) is 15.7 Å². The van der Waals surface area contributed by atoms with Gasteiger partial charge < -0.3 is 14.6 Å². The highest BCUT2D eigenvalue weighted by Crippen LogP contribution is 2.21. The Hall–Kier alpha value is -2.13. The molecule has 10 heteroatoms. The van der Waals surface area contributed by atoms with Crippen molar-refractivity contribution in [3.8, 4) is 0 Å². The molecule has 2 heterocycles. The van der Waals surface area contributed by atoms with E-state index in [0.717, 1.165) is 19.3 Å². The number of nitrogens with one attached hydrogen (secondary N) is 1. The van der Waals surface area contributed by atoms with Crippen LogP contribution in [0.2, 0.25) is 5.02 Å². The first-order valence-corrected chi connectivity index (χ1v) is 10.3. The predicted molar refractivity (Wildman–Crippen MR) is 94.3 cm³/mol. The third-order valence-corrected chi connectivity index (χ3v) is 5.81. The molecule has 0 aliphatic carbocycles. The van der Waals surface area contributed by atoms with Crippen LogP contribution in [0.1, 0.15) is 30.7 Å². The summed E-state index contributed by atoms with van der Waals surface area (Å²) in [5.41, 5.74) is 0.451. The SMILES string of the molecule is O=C(NCc1nnc(S(=O)(=O)Cc2ccccc2Cl)o1)N1CCCCC1. The molecule has 0 bridgehead atoms. The van der Waals surface area contributed by atoms with Crippen LogP contribution in [0.4, 0.5) is 4.79 Å².